The Labute approximate surface area is 151 Å². The molecule has 1 saturated carbocycles. The number of carbonyl (C=O) groups is 1. The summed E-state index contributed by atoms with van der Waals surface area (Å²) >= 11 is 6.00. The lowest BCUT2D eigenvalue weighted by Crippen LogP contribution is -2.50. The van der Waals surface area contributed by atoms with E-state index in [1.165, 1.54) is 6.07 Å². The van der Waals surface area contributed by atoms with Gasteiger partial charge in [-0.1, -0.05) is 29.8 Å². The van der Waals surface area contributed by atoms with Gasteiger partial charge in [-0.05, 0) is 60.2 Å². The third-order valence-corrected chi connectivity index (χ3v) is 5.61. The van der Waals surface area contributed by atoms with Gasteiger partial charge < -0.3 is 10.0 Å². The first kappa shape index (κ1) is 16.6. The number of halogens is 2. The summed E-state index contributed by atoms with van der Waals surface area (Å²) in [6.07, 6.45) is 1.50. The highest BCUT2D eigenvalue weighted by Gasteiger charge is 2.48. The van der Waals surface area contributed by atoms with E-state index in [1.807, 2.05) is 17.0 Å². The molecule has 130 valence electrons. The van der Waals surface area contributed by atoms with Crippen molar-refractivity contribution in [2.24, 2.45) is 5.92 Å². The van der Waals surface area contributed by atoms with Crippen molar-refractivity contribution < 1.29 is 14.3 Å². The molecule has 2 aromatic rings. The molecule has 3 nitrogen and oxygen atoms in total. The highest BCUT2D eigenvalue weighted by Crippen LogP contribution is 2.47. The maximum Gasteiger partial charge on any atom is 0.226 e. The molecule has 2 aliphatic rings. The Kier molecular flexibility index (Phi) is 4.05. The second kappa shape index (κ2) is 6.11. The fourth-order valence-electron chi connectivity index (χ4n) is 3.91. The minimum atomic E-state index is -0.970. The summed E-state index contributed by atoms with van der Waals surface area (Å²) in [5.74, 6) is -0.336. The van der Waals surface area contributed by atoms with Crippen molar-refractivity contribution in [3.05, 3.63) is 70.0 Å². The number of fused-ring (bicyclic) bond motifs is 1. The number of carbonyl (C=O) groups excluding carboxylic acids is 1. The molecule has 1 amide bonds. The van der Waals surface area contributed by atoms with Crippen LogP contribution in [0.4, 0.5) is 4.39 Å². The summed E-state index contributed by atoms with van der Waals surface area (Å²) < 4.78 is 13.3. The van der Waals surface area contributed by atoms with E-state index in [9.17, 15) is 14.3 Å². The number of nitrogens with zero attached hydrogens (tertiary/aromatic N) is 1. The molecule has 0 atom stereocenters. The summed E-state index contributed by atoms with van der Waals surface area (Å²) in [4.78, 5) is 14.6. The zero-order chi connectivity index (χ0) is 17.6. The molecule has 1 heterocycles. The van der Waals surface area contributed by atoms with Gasteiger partial charge in [-0.15, -0.1) is 0 Å². The summed E-state index contributed by atoms with van der Waals surface area (Å²) in [5.41, 5.74) is 1.78. The van der Waals surface area contributed by atoms with Gasteiger partial charge in [0.2, 0.25) is 5.91 Å². The Bertz CT molecular complexity index is 832. The van der Waals surface area contributed by atoms with Gasteiger partial charge in [-0.2, -0.15) is 0 Å². The minimum absolute atomic E-state index is 0.0710. The van der Waals surface area contributed by atoms with Crippen molar-refractivity contribution >= 4 is 17.5 Å². The molecular weight excluding hydrogens is 341 g/mol. The zero-order valence-corrected chi connectivity index (χ0v) is 14.5. The van der Waals surface area contributed by atoms with E-state index in [0.717, 1.165) is 16.7 Å². The number of hydrogen-bond acceptors (Lipinski definition) is 2. The number of benzene rings is 2. The molecule has 0 aromatic heterocycles. The Morgan fingerprint density at radius 2 is 2.00 bits per heavy atom. The van der Waals surface area contributed by atoms with Crippen LogP contribution in [-0.4, -0.2) is 22.5 Å². The molecule has 4 rings (SSSR count). The number of hydrogen-bond donors (Lipinski definition) is 1. The molecule has 1 fully saturated rings. The smallest absolute Gasteiger partial charge is 0.226 e. The van der Waals surface area contributed by atoms with Crippen molar-refractivity contribution in [3.63, 3.8) is 0 Å². The molecule has 1 aliphatic heterocycles. The first-order chi connectivity index (χ1) is 11.9. The summed E-state index contributed by atoms with van der Waals surface area (Å²) in [6.45, 7) is 1.11. The Balaban J connectivity index is 1.43. The summed E-state index contributed by atoms with van der Waals surface area (Å²) in [7, 11) is 0. The van der Waals surface area contributed by atoms with Gasteiger partial charge in [0.15, 0.2) is 0 Å². The van der Waals surface area contributed by atoms with Crippen LogP contribution in [-0.2, 0) is 23.4 Å². The second-order valence-electron chi connectivity index (χ2n) is 7.07. The van der Waals surface area contributed by atoms with Crippen LogP contribution in [0.2, 0.25) is 5.02 Å². The molecule has 0 saturated heterocycles. The lowest BCUT2D eigenvalue weighted by Gasteiger charge is -2.45. The molecule has 0 bridgehead atoms. The molecule has 1 aliphatic carbocycles. The SMILES string of the molecule is O=C(C1CC(O)(c2cccc(Cl)c2)C1)N1CCc2cc(F)ccc2C1. The Hall–Kier alpha value is -1.91. The van der Waals surface area contributed by atoms with Gasteiger partial charge >= 0.3 is 0 Å². The van der Waals surface area contributed by atoms with Crippen LogP contribution in [0.3, 0.4) is 0 Å². The highest BCUT2D eigenvalue weighted by molar-refractivity contribution is 6.30. The van der Waals surface area contributed by atoms with Crippen molar-refractivity contribution in [2.75, 3.05) is 6.54 Å². The van der Waals surface area contributed by atoms with Crippen LogP contribution in [0.15, 0.2) is 42.5 Å². The fourth-order valence-corrected chi connectivity index (χ4v) is 4.10. The molecular formula is C20H19ClFNO2. The van der Waals surface area contributed by atoms with Gasteiger partial charge in [0.1, 0.15) is 5.82 Å². The van der Waals surface area contributed by atoms with Crippen molar-refractivity contribution in [1.29, 1.82) is 0 Å². The van der Waals surface area contributed by atoms with Crippen LogP contribution in [0.5, 0.6) is 0 Å². The van der Waals surface area contributed by atoms with Gasteiger partial charge in [0.25, 0.3) is 0 Å². The highest BCUT2D eigenvalue weighted by atomic mass is 35.5. The van der Waals surface area contributed by atoms with Crippen molar-refractivity contribution in [1.82, 2.24) is 4.90 Å². The number of amides is 1. The quantitative estimate of drug-likeness (QED) is 0.889. The van der Waals surface area contributed by atoms with Gasteiger partial charge in [0.05, 0.1) is 5.60 Å². The van der Waals surface area contributed by atoms with Gasteiger partial charge in [0, 0.05) is 24.0 Å². The minimum Gasteiger partial charge on any atom is -0.385 e. The molecule has 1 N–H and O–H groups in total. The summed E-state index contributed by atoms with van der Waals surface area (Å²) in [5, 5.41) is 11.3. The lowest BCUT2D eigenvalue weighted by molar-refractivity contribution is -0.154. The monoisotopic (exact) mass is 359 g/mol. The van der Waals surface area contributed by atoms with Crippen molar-refractivity contribution in [3.8, 4) is 0 Å². The average Bonchev–Trinajstić information content (AvgIpc) is 2.58. The van der Waals surface area contributed by atoms with E-state index in [1.54, 1.807) is 24.3 Å². The summed E-state index contributed by atoms with van der Waals surface area (Å²) in [6, 6.07) is 11.9. The predicted octanol–water partition coefficient (Wildman–Crippen LogP) is 3.66. The van der Waals surface area contributed by atoms with E-state index >= 15 is 0 Å². The van der Waals surface area contributed by atoms with E-state index < -0.39 is 5.60 Å². The van der Waals surface area contributed by atoms with E-state index in [0.29, 0.717) is 37.4 Å². The Morgan fingerprint density at radius 3 is 2.76 bits per heavy atom. The molecule has 0 unspecified atom stereocenters. The second-order valence-corrected chi connectivity index (χ2v) is 7.51. The first-order valence-electron chi connectivity index (χ1n) is 8.49. The molecule has 0 spiro atoms. The maximum absolute atomic E-state index is 13.3. The maximum atomic E-state index is 13.3. The van der Waals surface area contributed by atoms with Crippen LogP contribution in [0.25, 0.3) is 0 Å². The zero-order valence-electron chi connectivity index (χ0n) is 13.7. The lowest BCUT2D eigenvalue weighted by atomic mass is 9.66. The van der Waals surface area contributed by atoms with E-state index in [2.05, 4.69) is 0 Å². The van der Waals surface area contributed by atoms with Gasteiger partial charge in [-0.3, -0.25) is 4.79 Å². The largest absolute Gasteiger partial charge is 0.385 e. The van der Waals surface area contributed by atoms with Gasteiger partial charge in [-0.25, -0.2) is 4.39 Å². The fraction of sp³-hybridized carbons (Fsp3) is 0.350. The van der Waals surface area contributed by atoms with Crippen molar-refractivity contribution in [2.45, 2.75) is 31.4 Å². The predicted molar refractivity (Wildman–Crippen MR) is 93.6 cm³/mol. The van der Waals surface area contributed by atoms with E-state index in [4.69, 9.17) is 11.6 Å². The molecule has 25 heavy (non-hydrogen) atoms. The van der Waals surface area contributed by atoms with E-state index in [-0.39, 0.29) is 17.6 Å². The van der Waals surface area contributed by atoms with Crippen LogP contribution in [0, 0.1) is 11.7 Å². The topological polar surface area (TPSA) is 40.5 Å². The van der Waals surface area contributed by atoms with Crippen LogP contribution in [0.1, 0.15) is 29.5 Å². The third kappa shape index (κ3) is 3.05. The standard InChI is InChI=1S/C20H19ClFNO2/c21-17-3-1-2-16(9-17)20(25)10-15(11-20)19(24)23-7-6-13-8-18(22)5-4-14(13)12-23/h1-5,8-9,15,25H,6-7,10-12H2. The molecule has 0 radical (unpaired) electrons. The van der Waals surface area contributed by atoms with Crippen LogP contribution < -0.4 is 0 Å². The van der Waals surface area contributed by atoms with Crippen LogP contribution >= 0.6 is 11.6 Å². The third-order valence-electron chi connectivity index (χ3n) is 5.37. The number of rotatable bonds is 2. The average molecular weight is 360 g/mol. The normalized spacial score (nSPS) is 25.2. The molecule has 5 heteroatoms. The Morgan fingerprint density at radius 1 is 1.20 bits per heavy atom. The molecule has 2 aromatic carbocycles. The first-order valence-corrected chi connectivity index (χ1v) is 8.87. The number of aliphatic hydroxyl groups is 1.